The Bertz CT molecular complexity index is 540. The van der Waals surface area contributed by atoms with Gasteiger partial charge in [0.1, 0.15) is 0 Å². The summed E-state index contributed by atoms with van der Waals surface area (Å²) in [7, 11) is -3.61. The summed E-state index contributed by atoms with van der Waals surface area (Å²) in [5.74, 6) is 0.466. The Morgan fingerprint density at radius 1 is 1.16 bits per heavy atom. The first kappa shape index (κ1) is 13.9. The zero-order valence-electron chi connectivity index (χ0n) is 10.9. The zero-order chi connectivity index (χ0) is 13.7. The first-order chi connectivity index (χ1) is 9.08. The molecule has 5 nitrogen and oxygen atoms in total. The van der Waals surface area contributed by atoms with Crippen molar-refractivity contribution in [2.24, 2.45) is 5.10 Å². The fraction of sp³-hybridized carbons (Fsp3) is 0.462. The molecule has 1 N–H and O–H groups in total. The molecule has 19 heavy (non-hydrogen) atoms. The highest BCUT2D eigenvalue weighted by Gasteiger charge is 2.14. The first-order valence-corrected chi connectivity index (χ1v) is 7.84. The van der Waals surface area contributed by atoms with Gasteiger partial charge in [-0.05, 0) is 38.3 Å². The van der Waals surface area contributed by atoms with Crippen LogP contribution in [0.4, 0.5) is 0 Å². The Balaban J connectivity index is 2.08. The highest BCUT2D eigenvalue weighted by Crippen LogP contribution is 2.11. The number of hydrazone groups is 1. The average Bonchev–Trinajstić information content (AvgIpc) is 2.65. The van der Waals surface area contributed by atoms with E-state index in [9.17, 15) is 8.42 Å². The van der Waals surface area contributed by atoms with Gasteiger partial charge in [-0.3, -0.25) is 0 Å². The highest BCUT2D eigenvalue weighted by molar-refractivity contribution is 7.89. The van der Waals surface area contributed by atoms with E-state index in [2.05, 4.69) is 9.93 Å². The fourth-order valence-electron chi connectivity index (χ4n) is 1.79. The van der Waals surface area contributed by atoms with Crippen molar-refractivity contribution in [2.45, 2.75) is 37.5 Å². The molecule has 1 saturated heterocycles. The Morgan fingerprint density at radius 3 is 2.63 bits per heavy atom. The standard InChI is InChI=1S/C13H18N2O3S/c1-11-6-8-12(9-7-11)19(16,17)15-14-13-5-3-2-4-10-18-13/h6-9,15H,2-5,10H2,1H3. The van der Waals surface area contributed by atoms with Gasteiger partial charge in [-0.2, -0.15) is 13.2 Å². The maximum atomic E-state index is 12.0. The van der Waals surface area contributed by atoms with Crippen molar-refractivity contribution in [3.05, 3.63) is 29.8 Å². The Morgan fingerprint density at radius 2 is 1.89 bits per heavy atom. The summed E-state index contributed by atoms with van der Waals surface area (Å²) in [5, 5.41) is 3.87. The molecule has 0 radical (unpaired) electrons. The predicted molar refractivity (Wildman–Crippen MR) is 73.4 cm³/mol. The topological polar surface area (TPSA) is 67.8 Å². The Labute approximate surface area is 113 Å². The summed E-state index contributed by atoms with van der Waals surface area (Å²) in [4.78, 5) is 2.43. The van der Waals surface area contributed by atoms with Gasteiger partial charge in [-0.15, -0.1) is 5.10 Å². The average molecular weight is 282 g/mol. The van der Waals surface area contributed by atoms with Gasteiger partial charge in [0.25, 0.3) is 10.0 Å². The number of nitrogens with one attached hydrogen (secondary N) is 1. The number of aryl methyl sites for hydroxylation is 1. The third kappa shape index (κ3) is 3.96. The van der Waals surface area contributed by atoms with E-state index in [4.69, 9.17) is 4.74 Å². The van der Waals surface area contributed by atoms with Gasteiger partial charge in [0.15, 0.2) is 0 Å². The number of rotatable bonds is 3. The van der Waals surface area contributed by atoms with Crippen LogP contribution in [0.5, 0.6) is 0 Å². The smallest absolute Gasteiger partial charge is 0.276 e. The van der Waals surface area contributed by atoms with E-state index >= 15 is 0 Å². The van der Waals surface area contributed by atoms with Crippen molar-refractivity contribution in [3.63, 3.8) is 0 Å². The van der Waals surface area contributed by atoms with Gasteiger partial charge in [-0.25, -0.2) is 0 Å². The molecule has 1 aliphatic heterocycles. The molecular formula is C13H18N2O3S. The van der Waals surface area contributed by atoms with Crippen molar-refractivity contribution in [1.29, 1.82) is 0 Å². The first-order valence-electron chi connectivity index (χ1n) is 6.36. The molecule has 104 valence electrons. The van der Waals surface area contributed by atoms with Crippen LogP contribution in [0, 0.1) is 6.92 Å². The molecule has 0 aliphatic carbocycles. The second-order valence-corrected chi connectivity index (χ2v) is 6.23. The molecule has 1 fully saturated rings. The predicted octanol–water partition coefficient (Wildman–Crippen LogP) is 2.18. The van der Waals surface area contributed by atoms with E-state index in [1.165, 1.54) is 0 Å². The van der Waals surface area contributed by atoms with Crippen LogP contribution >= 0.6 is 0 Å². The van der Waals surface area contributed by atoms with Crippen LogP contribution < -0.4 is 4.83 Å². The SMILES string of the molecule is Cc1ccc(S(=O)(=O)NN=C2CCCCCO2)cc1. The highest BCUT2D eigenvalue weighted by atomic mass is 32.2. The molecule has 1 aliphatic rings. The van der Waals surface area contributed by atoms with Crippen LogP contribution in [0.2, 0.25) is 0 Å². The van der Waals surface area contributed by atoms with E-state index in [1.807, 2.05) is 6.92 Å². The quantitative estimate of drug-likeness (QED) is 0.864. The van der Waals surface area contributed by atoms with Crippen molar-refractivity contribution in [1.82, 2.24) is 4.83 Å². The Hall–Kier alpha value is -1.56. The van der Waals surface area contributed by atoms with Crippen molar-refractivity contribution < 1.29 is 13.2 Å². The fourth-order valence-corrected chi connectivity index (χ4v) is 2.61. The van der Waals surface area contributed by atoms with Crippen molar-refractivity contribution in [2.75, 3.05) is 6.61 Å². The van der Waals surface area contributed by atoms with E-state index in [0.717, 1.165) is 24.8 Å². The van der Waals surface area contributed by atoms with Crippen LogP contribution in [-0.2, 0) is 14.8 Å². The van der Waals surface area contributed by atoms with Crippen LogP contribution in [0.1, 0.15) is 31.2 Å². The van der Waals surface area contributed by atoms with Gasteiger partial charge in [0, 0.05) is 6.42 Å². The molecule has 0 bridgehead atoms. The zero-order valence-corrected chi connectivity index (χ0v) is 11.7. The summed E-state index contributed by atoms with van der Waals surface area (Å²) >= 11 is 0. The van der Waals surface area contributed by atoms with E-state index in [1.54, 1.807) is 24.3 Å². The second kappa shape index (κ2) is 6.06. The van der Waals surface area contributed by atoms with E-state index in [0.29, 0.717) is 18.9 Å². The molecule has 1 aromatic carbocycles. The minimum absolute atomic E-state index is 0.205. The molecule has 1 heterocycles. The summed E-state index contributed by atoms with van der Waals surface area (Å²) in [5.41, 5.74) is 1.01. The summed E-state index contributed by atoms with van der Waals surface area (Å²) in [6.07, 6.45) is 3.73. The molecule has 6 heteroatoms. The lowest BCUT2D eigenvalue weighted by molar-refractivity contribution is 0.299. The summed E-state index contributed by atoms with van der Waals surface area (Å²) in [6.45, 7) is 2.51. The van der Waals surface area contributed by atoms with Crippen LogP contribution in [0.15, 0.2) is 34.3 Å². The molecule has 0 saturated carbocycles. The second-order valence-electron chi connectivity index (χ2n) is 4.57. The number of hydrogen-bond acceptors (Lipinski definition) is 4. The largest absolute Gasteiger partial charge is 0.480 e. The normalized spacial score (nSPS) is 18.7. The number of sulfonamides is 1. The molecule has 0 spiro atoms. The maximum absolute atomic E-state index is 12.0. The maximum Gasteiger partial charge on any atom is 0.276 e. The molecule has 0 amide bonds. The summed E-state index contributed by atoms with van der Waals surface area (Å²) < 4.78 is 29.4. The lowest BCUT2D eigenvalue weighted by atomic mass is 10.2. The van der Waals surface area contributed by atoms with Crippen molar-refractivity contribution in [3.8, 4) is 0 Å². The number of hydrogen-bond donors (Lipinski definition) is 1. The van der Waals surface area contributed by atoms with E-state index < -0.39 is 10.0 Å². The molecule has 0 atom stereocenters. The van der Waals surface area contributed by atoms with Gasteiger partial charge in [0.05, 0.1) is 11.5 Å². The number of nitrogens with zero attached hydrogens (tertiary/aromatic N) is 1. The minimum Gasteiger partial charge on any atom is -0.480 e. The number of ether oxygens (including phenoxy) is 1. The van der Waals surface area contributed by atoms with Crippen LogP contribution in [0.3, 0.4) is 0 Å². The third-order valence-electron chi connectivity index (χ3n) is 2.93. The molecule has 1 aromatic rings. The van der Waals surface area contributed by atoms with E-state index in [-0.39, 0.29) is 4.90 Å². The molecular weight excluding hydrogens is 264 g/mol. The van der Waals surface area contributed by atoms with Gasteiger partial charge in [-0.1, -0.05) is 17.7 Å². The van der Waals surface area contributed by atoms with Gasteiger partial charge < -0.3 is 4.74 Å². The lowest BCUT2D eigenvalue weighted by Gasteiger charge is -2.07. The summed E-state index contributed by atoms with van der Waals surface area (Å²) in [6, 6.07) is 6.63. The molecule has 0 unspecified atom stereocenters. The van der Waals surface area contributed by atoms with Crippen LogP contribution in [-0.4, -0.2) is 20.9 Å². The lowest BCUT2D eigenvalue weighted by Crippen LogP contribution is -2.21. The minimum atomic E-state index is -3.61. The van der Waals surface area contributed by atoms with Crippen LogP contribution in [0.25, 0.3) is 0 Å². The molecule has 2 rings (SSSR count). The molecule has 0 aromatic heterocycles. The third-order valence-corrected chi connectivity index (χ3v) is 4.15. The van der Waals surface area contributed by atoms with Gasteiger partial charge in [0.2, 0.25) is 5.90 Å². The monoisotopic (exact) mass is 282 g/mol. The number of benzene rings is 1. The van der Waals surface area contributed by atoms with Gasteiger partial charge >= 0.3 is 0 Å². The van der Waals surface area contributed by atoms with Crippen molar-refractivity contribution >= 4 is 15.9 Å². The Kier molecular flexibility index (Phi) is 4.42.